The van der Waals surface area contributed by atoms with E-state index in [2.05, 4.69) is 9.97 Å². The van der Waals surface area contributed by atoms with Gasteiger partial charge in [-0.2, -0.15) is 0 Å². The van der Waals surface area contributed by atoms with Crippen LogP contribution in [0.5, 0.6) is 5.88 Å². The summed E-state index contributed by atoms with van der Waals surface area (Å²) in [4.78, 5) is 20.6. The van der Waals surface area contributed by atoms with E-state index in [0.29, 0.717) is 41.0 Å². The lowest BCUT2D eigenvalue weighted by molar-refractivity contribution is -0.133. The predicted molar refractivity (Wildman–Crippen MR) is 133 cm³/mol. The Kier molecular flexibility index (Phi) is 6.57. The normalized spacial score (nSPS) is 25.1. The van der Waals surface area contributed by atoms with Gasteiger partial charge in [0.05, 0.1) is 40.5 Å². The summed E-state index contributed by atoms with van der Waals surface area (Å²) in [5.74, 6) is -1.67. The molecule has 5 heterocycles. The van der Waals surface area contributed by atoms with Crippen molar-refractivity contribution in [2.24, 2.45) is 0 Å². The fourth-order valence-corrected chi connectivity index (χ4v) is 5.44. The lowest BCUT2D eigenvalue weighted by atomic mass is 9.96. The molecule has 3 aliphatic heterocycles. The SMILES string of the molecule is O=C(CO)N1CC=C(c2cc(F)c(-c3nc4cc(O[C@@H]5CO[C@H]6[C@@H]5OC[C@H]6O)[nH]c4cc3Cl)c(F)c2)CC1. The number of hydrogen-bond acceptors (Lipinski definition) is 7. The number of aliphatic hydroxyl groups is 2. The number of carbonyl (C=O) groups is 1. The van der Waals surface area contributed by atoms with Gasteiger partial charge in [-0.3, -0.25) is 4.79 Å². The Balaban J connectivity index is 1.26. The van der Waals surface area contributed by atoms with E-state index >= 15 is 8.78 Å². The van der Waals surface area contributed by atoms with E-state index in [9.17, 15) is 9.90 Å². The summed E-state index contributed by atoms with van der Waals surface area (Å²) in [5, 5.41) is 19.0. The van der Waals surface area contributed by atoms with Crippen molar-refractivity contribution in [3.63, 3.8) is 0 Å². The highest BCUT2D eigenvalue weighted by atomic mass is 35.5. The zero-order valence-corrected chi connectivity index (χ0v) is 20.8. The van der Waals surface area contributed by atoms with Crippen molar-refractivity contribution in [2.45, 2.75) is 30.8 Å². The number of pyridine rings is 1. The molecule has 200 valence electrons. The van der Waals surface area contributed by atoms with Crippen LogP contribution in [-0.4, -0.2) is 88.3 Å². The predicted octanol–water partition coefficient (Wildman–Crippen LogP) is 2.68. The molecule has 0 saturated carbocycles. The number of halogens is 3. The average molecular weight is 548 g/mol. The molecule has 2 fully saturated rings. The molecule has 3 N–H and O–H groups in total. The molecule has 3 aliphatic rings. The summed E-state index contributed by atoms with van der Waals surface area (Å²) in [6.07, 6.45) is 0.143. The molecule has 12 heteroatoms. The molecule has 0 spiro atoms. The summed E-state index contributed by atoms with van der Waals surface area (Å²) in [5.41, 5.74) is 1.59. The Morgan fingerprint density at radius 1 is 1.18 bits per heavy atom. The third-order valence-electron chi connectivity index (χ3n) is 7.14. The van der Waals surface area contributed by atoms with Crippen molar-refractivity contribution in [3.05, 3.63) is 52.6 Å². The van der Waals surface area contributed by atoms with Crippen LogP contribution in [0.1, 0.15) is 12.0 Å². The second-order valence-corrected chi connectivity index (χ2v) is 9.90. The van der Waals surface area contributed by atoms with Gasteiger partial charge in [0, 0.05) is 19.2 Å². The maximum atomic E-state index is 15.3. The molecule has 1 amide bonds. The highest BCUT2D eigenvalue weighted by molar-refractivity contribution is 6.33. The fourth-order valence-electron chi connectivity index (χ4n) is 5.20. The number of ether oxygens (including phenoxy) is 3. The Morgan fingerprint density at radius 3 is 2.66 bits per heavy atom. The molecule has 9 nitrogen and oxygen atoms in total. The Morgan fingerprint density at radius 2 is 1.95 bits per heavy atom. The third-order valence-corrected chi connectivity index (χ3v) is 7.43. The third kappa shape index (κ3) is 4.44. The molecule has 38 heavy (non-hydrogen) atoms. The van der Waals surface area contributed by atoms with Crippen LogP contribution in [0.25, 0.3) is 27.9 Å². The standard InChI is InChI=1S/C26H24ClF2N3O6/c27-14-7-17-18(8-21(30-17)38-20-11-37-25-19(34)10-36-26(20)25)31-24(14)23-15(28)5-13(6-16(23)29)12-1-3-32(4-2-12)22(35)9-33/h1,5-8,19-20,25-26,30,33-34H,2-4,9-11H2/t19-,20-,25-,26-/m1/s1. The van der Waals surface area contributed by atoms with Crippen LogP contribution in [0.3, 0.4) is 0 Å². The van der Waals surface area contributed by atoms with Crippen LogP contribution in [0, 0.1) is 11.6 Å². The number of aromatic amines is 1. The van der Waals surface area contributed by atoms with Crippen LogP contribution >= 0.6 is 11.6 Å². The van der Waals surface area contributed by atoms with Gasteiger partial charge in [-0.25, -0.2) is 13.8 Å². The topological polar surface area (TPSA) is 117 Å². The van der Waals surface area contributed by atoms with Crippen LogP contribution in [0.4, 0.5) is 8.78 Å². The largest absolute Gasteiger partial charge is 0.470 e. The smallest absolute Gasteiger partial charge is 0.248 e. The van der Waals surface area contributed by atoms with Gasteiger partial charge in [-0.05, 0) is 35.8 Å². The number of fused-ring (bicyclic) bond motifs is 2. The molecule has 4 atom stereocenters. The maximum Gasteiger partial charge on any atom is 0.248 e. The van der Waals surface area contributed by atoms with Crippen molar-refractivity contribution >= 4 is 34.1 Å². The van der Waals surface area contributed by atoms with Crippen LogP contribution in [-0.2, 0) is 14.3 Å². The number of rotatable bonds is 5. The minimum Gasteiger partial charge on any atom is -0.470 e. The van der Waals surface area contributed by atoms with Gasteiger partial charge in [-0.15, -0.1) is 0 Å². The Hall–Kier alpha value is -3.09. The van der Waals surface area contributed by atoms with E-state index in [1.807, 2.05) is 0 Å². The fraction of sp³-hybridized carbons (Fsp3) is 0.385. The van der Waals surface area contributed by atoms with E-state index in [0.717, 1.165) is 0 Å². The van der Waals surface area contributed by atoms with Crippen LogP contribution in [0.15, 0.2) is 30.3 Å². The average Bonchev–Trinajstić information content (AvgIpc) is 3.60. The highest BCUT2D eigenvalue weighted by Crippen LogP contribution is 2.37. The zero-order valence-electron chi connectivity index (χ0n) is 20.0. The quantitative estimate of drug-likeness (QED) is 0.449. The molecule has 2 saturated heterocycles. The number of aliphatic hydroxyl groups excluding tert-OH is 2. The number of aromatic nitrogens is 2. The number of amides is 1. The number of H-pyrrole nitrogens is 1. The van der Waals surface area contributed by atoms with E-state index in [1.54, 1.807) is 12.1 Å². The van der Waals surface area contributed by atoms with Crippen molar-refractivity contribution in [1.29, 1.82) is 0 Å². The van der Waals surface area contributed by atoms with Gasteiger partial charge in [0.1, 0.15) is 36.6 Å². The Labute approximate surface area is 220 Å². The molecule has 6 rings (SSSR count). The van der Waals surface area contributed by atoms with Gasteiger partial charge in [0.25, 0.3) is 0 Å². The van der Waals surface area contributed by atoms with Gasteiger partial charge < -0.3 is 34.3 Å². The molecular formula is C26H24ClF2N3O6. The van der Waals surface area contributed by atoms with Gasteiger partial charge in [0.15, 0.2) is 12.0 Å². The first-order chi connectivity index (χ1) is 18.3. The summed E-state index contributed by atoms with van der Waals surface area (Å²) in [7, 11) is 0. The molecule has 1 aromatic carbocycles. The van der Waals surface area contributed by atoms with E-state index in [1.165, 1.54) is 23.1 Å². The lowest BCUT2D eigenvalue weighted by Crippen LogP contribution is -2.36. The molecule has 0 bridgehead atoms. The number of benzene rings is 1. The second kappa shape index (κ2) is 9.90. The first kappa shape index (κ1) is 25.2. The first-order valence-electron chi connectivity index (χ1n) is 12.2. The molecule has 3 aromatic rings. The number of hydrogen-bond donors (Lipinski definition) is 3. The first-order valence-corrected chi connectivity index (χ1v) is 12.5. The summed E-state index contributed by atoms with van der Waals surface area (Å²) < 4.78 is 47.7. The van der Waals surface area contributed by atoms with Crippen molar-refractivity contribution in [3.8, 4) is 17.1 Å². The molecule has 2 aromatic heterocycles. The van der Waals surface area contributed by atoms with E-state index in [-0.39, 0.29) is 36.0 Å². The Bertz CT molecular complexity index is 1420. The van der Waals surface area contributed by atoms with Gasteiger partial charge in [0.2, 0.25) is 5.91 Å². The van der Waals surface area contributed by atoms with Gasteiger partial charge in [-0.1, -0.05) is 17.7 Å². The molecule has 0 radical (unpaired) electrons. The minimum absolute atomic E-state index is 0.0462. The summed E-state index contributed by atoms with van der Waals surface area (Å²) in [6, 6.07) is 5.59. The maximum absolute atomic E-state index is 15.3. The monoisotopic (exact) mass is 547 g/mol. The van der Waals surface area contributed by atoms with Gasteiger partial charge >= 0.3 is 0 Å². The van der Waals surface area contributed by atoms with Crippen LogP contribution in [0.2, 0.25) is 5.02 Å². The summed E-state index contributed by atoms with van der Waals surface area (Å²) in [6.45, 7) is 0.443. The second-order valence-electron chi connectivity index (χ2n) is 9.50. The minimum atomic E-state index is -0.818. The molecule has 0 aliphatic carbocycles. The van der Waals surface area contributed by atoms with Crippen molar-refractivity contribution in [1.82, 2.24) is 14.9 Å². The van der Waals surface area contributed by atoms with Crippen molar-refractivity contribution in [2.75, 3.05) is 32.9 Å². The highest BCUT2D eigenvalue weighted by Gasteiger charge is 2.48. The molecular weight excluding hydrogens is 524 g/mol. The number of nitrogens with one attached hydrogen (secondary N) is 1. The zero-order chi connectivity index (χ0) is 26.6. The van der Waals surface area contributed by atoms with Crippen molar-refractivity contribution < 1.29 is 38.0 Å². The number of nitrogens with zero attached hydrogens (tertiary/aromatic N) is 2. The van der Waals surface area contributed by atoms with E-state index < -0.39 is 48.6 Å². The summed E-state index contributed by atoms with van der Waals surface area (Å²) >= 11 is 6.40. The lowest BCUT2D eigenvalue weighted by Gasteiger charge is -2.26. The molecule has 0 unspecified atom stereocenters. The van der Waals surface area contributed by atoms with Crippen LogP contribution < -0.4 is 4.74 Å². The number of carbonyl (C=O) groups excluding carboxylic acids is 1. The van der Waals surface area contributed by atoms with E-state index in [4.69, 9.17) is 30.9 Å².